The number of rotatable bonds is 5. The zero-order valence-corrected chi connectivity index (χ0v) is 12.0. The average molecular weight is 282 g/mol. The zero-order chi connectivity index (χ0) is 15.6. The van der Waals surface area contributed by atoms with E-state index in [0.717, 1.165) is 0 Å². The second-order valence-corrected chi connectivity index (χ2v) is 6.02. The third kappa shape index (κ3) is 3.71. The number of nitrogens with zero attached hydrogens (tertiary/aromatic N) is 4. The molecule has 20 heavy (non-hydrogen) atoms. The van der Waals surface area contributed by atoms with E-state index in [9.17, 15) is 14.4 Å². The molecule has 0 bridgehead atoms. The lowest BCUT2D eigenvalue weighted by atomic mass is 9.80. The summed E-state index contributed by atoms with van der Waals surface area (Å²) < 4.78 is 0. The highest BCUT2D eigenvalue weighted by atomic mass is 16.7. The third-order valence-corrected chi connectivity index (χ3v) is 2.92. The van der Waals surface area contributed by atoms with Crippen LogP contribution in [0.25, 0.3) is 10.4 Å². The number of amides is 2. The van der Waals surface area contributed by atoms with Crippen molar-refractivity contribution in [3.05, 3.63) is 10.4 Å². The van der Waals surface area contributed by atoms with Gasteiger partial charge in [-0.2, -0.15) is 0 Å². The Labute approximate surface area is 116 Å². The molecule has 0 aliphatic carbocycles. The van der Waals surface area contributed by atoms with Crippen molar-refractivity contribution in [2.24, 2.45) is 10.5 Å². The fourth-order valence-electron chi connectivity index (χ4n) is 2.17. The highest BCUT2D eigenvalue weighted by Crippen LogP contribution is 2.32. The van der Waals surface area contributed by atoms with Crippen LogP contribution in [0.5, 0.6) is 0 Å². The van der Waals surface area contributed by atoms with Gasteiger partial charge in [-0.05, 0) is 25.8 Å². The Kier molecular flexibility index (Phi) is 4.39. The van der Waals surface area contributed by atoms with Crippen LogP contribution in [0.2, 0.25) is 0 Å². The van der Waals surface area contributed by atoms with E-state index in [0.29, 0.717) is 5.06 Å². The molecule has 1 heterocycles. The van der Waals surface area contributed by atoms with Crippen LogP contribution in [-0.2, 0) is 19.2 Å². The molecular weight excluding hydrogens is 264 g/mol. The van der Waals surface area contributed by atoms with Gasteiger partial charge in [-0.15, -0.1) is 5.06 Å². The van der Waals surface area contributed by atoms with Crippen molar-refractivity contribution in [1.82, 2.24) is 5.06 Å². The van der Waals surface area contributed by atoms with E-state index in [-0.39, 0.29) is 19.3 Å². The van der Waals surface area contributed by atoms with Gasteiger partial charge in [-0.3, -0.25) is 9.59 Å². The van der Waals surface area contributed by atoms with Crippen LogP contribution < -0.4 is 0 Å². The number of azide groups is 1. The van der Waals surface area contributed by atoms with Gasteiger partial charge in [-0.25, -0.2) is 4.79 Å². The monoisotopic (exact) mass is 282 g/mol. The van der Waals surface area contributed by atoms with Gasteiger partial charge in [0.15, 0.2) is 0 Å². The van der Waals surface area contributed by atoms with Crippen molar-refractivity contribution < 1.29 is 19.2 Å². The van der Waals surface area contributed by atoms with Crippen LogP contribution in [0, 0.1) is 5.41 Å². The highest BCUT2D eigenvalue weighted by molar-refractivity contribution is 6.01. The SMILES string of the molecule is CC(C)(CC(C)(C)C(=O)ON1C(=O)CCC1=O)N=[N+]=[N-]. The van der Waals surface area contributed by atoms with Crippen LogP contribution in [0.1, 0.15) is 47.0 Å². The van der Waals surface area contributed by atoms with Gasteiger partial charge >= 0.3 is 5.97 Å². The maximum absolute atomic E-state index is 12.1. The minimum atomic E-state index is -0.999. The summed E-state index contributed by atoms with van der Waals surface area (Å²) in [5.41, 5.74) is 6.70. The van der Waals surface area contributed by atoms with E-state index in [2.05, 4.69) is 10.0 Å². The minimum absolute atomic E-state index is 0.0523. The number of hydrogen-bond acceptors (Lipinski definition) is 5. The molecule has 1 aliphatic rings. The Hall–Kier alpha value is -2.08. The van der Waals surface area contributed by atoms with Gasteiger partial charge < -0.3 is 4.84 Å². The largest absolute Gasteiger partial charge is 0.338 e. The molecule has 0 aromatic rings. The lowest BCUT2D eigenvalue weighted by molar-refractivity contribution is -0.204. The summed E-state index contributed by atoms with van der Waals surface area (Å²) in [4.78, 5) is 42.5. The van der Waals surface area contributed by atoms with E-state index in [4.69, 9.17) is 10.4 Å². The first-order valence-corrected chi connectivity index (χ1v) is 6.23. The molecule has 8 nitrogen and oxygen atoms in total. The van der Waals surface area contributed by atoms with E-state index in [1.807, 2.05) is 0 Å². The standard InChI is InChI=1S/C12H18N4O4/c1-11(2,7-12(3,4)14-15-13)10(19)20-16-8(17)5-6-9(16)18/h5-7H2,1-4H3. The number of imide groups is 1. The topological polar surface area (TPSA) is 112 Å². The Bertz CT molecular complexity index is 476. The summed E-state index contributed by atoms with van der Waals surface area (Å²) in [6.07, 6.45) is 0.326. The predicted molar refractivity (Wildman–Crippen MR) is 68.8 cm³/mol. The fraction of sp³-hybridized carbons (Fsp3) is 0.750. The molecule has 8 heteroatoms. The smallest absolute Gasteiger partial charge is 0.330 e. The summed E-state index contributed by atoms with van der Waals surface area (Å²) in [5.74, 6) is -1.75. The Morgan fingerprint density at radius 2 is 1.80 bits per heavy atom. The van der Waals surface area contributed by atoms with Crippen molar-refractivity contribution in [2.45, 2.75) is 52.5 Å². The molecule has 0 spiro atoms. The lowest BCUT2D eigenvalue weighted by Gasteiger charge is -2.30. The first-order valence-electron chi connectivity index (χ1n) is 6.23. The van der Waals surface area contributed by atoms with E-state index in [1.165, 1.54) is 0 Å². The second kappa shape index (κ2) is 5.50. The van der Waals surface area contributed by atoms with Crippen LogP contribution in [0.3, 0.4) is 0 Å². The molecule has 110 valence electrons. The van der Waals surface area contributed by atoms with Crippen molar-refractivity contribution in [2.75, 3.05) is 0 Å². The Balaban J connectivity index is 2.77. The highest BCUT2D eigenvalue weighted by Gasteiger charge is 2.40. The lowest BCUT2D eigenvalue weighted by Crippen LogP contribution is -2.40. The van der Waals surface area contributed by atoms with Gasteiger partial charge in [0.1, 0.15) is 0 Å². The first kappa shape index (κ1) is 16.0. The van der Waals surface area contributed by atoms with Gasteiger partial charge in [0.05, 0.1) is 5.41 Å². The molecule has 1 rings (SSSR count). The quantitative estimate of drug-likeness (QED) is 0.332. The van der Waals surface area contributed by atoms with Gasteiger partial charge in [0, 0.05) is 23.3 Å². The molecular formula is C12H18N4O4. The summed E-state index contributed by atoms with van der Waals surface area (Å²) in [6, 6.07) is 0. The van der Waals surface area contributed by atoms with Crippen molar-refractivity contribution in [1.29, 1.82) is 0 Å². The van der Waals surface area contributed by atoms with Gasteiger partial charge in [-0.1, -0.05) is 19.0 Å². The van der Waals surface area contributed by atoms with Crippen molar-refractivity contribution >= 4 is 17.8 Å². The Morgan fingerprint density at radius 1 is 1.30 bits per heavy atom. The van der Waals surface area contributed by atoms with Crippen LogP contribution in [0.4, 0.5) is 0 Å². The van der Waals surface area contributed by atoms with E-state index >= 15 is 0 Å². The van der Waals surface area contributed by atoms with Gasteiger partial charge in [0.25, 0.3) is 11.8 Å². The van der Waals surface area contributed by atoms with E-state index < -0.39 is 28.7 Å². The molecule has 0 aromatic carbocycles. The zero-order valence-electron chi connectivity index (χ0n) is 12.0. The van der Waals surface area contributed by atoms with Gasteiger partial charge in [0.2, 0.25) is 0 Å². The minimum Gasteiger partial charge on any atom is -0.330 e. The summed E-state index contributed by atoms with van der Waals surface area (Å²) in [6.45, 7) is 6.59. The third-order valence-electron chi connectivity index (χ3n) is 2.92. The molecule has 0 atom stereocenters. The van der Waals surface area contributed by atoms with Crippen molar-refractivity contribution in [3.63, 3.8) is 0 Å². The molecule has 2 amide bonds. The number of carbonyl (C=O) groups is 3. The molecule has 1 aliphatic heterocycles. The summed E-state index contributed by atoms with van der Waals surface area (Å²) in [5, 5.41) is 4.13. The molecule has 1 saturated heterocycles. The second-order valence-electron chi connectivity index (χ2n) is 6.02. The maximum Gasteiger partial charge on any atom is 0.338 e. The maximum atomic E-state index is 12.1. The molecule has 0 radical (unpaired) electrons. The fourth-order valence-corrected chi connectivity index (χ4v) is 2.17. The molecule has 0 unspecified atom stereocenters. The molecule has 0 N–H and O–H groups in total. The van der Waals surface area contributed by atoms with Crippen LogP contribution >= 0.6 is 0 Å². The normalized spacial score (nSPS) is 16.1. The number of hydrogen-bond donors (Lipinski definition) is 0. The van der Waals surface area contributed by atoms with E-state index in [1.54, 1.807) is 27.7 Å². The van der Waals surface area contributed by atoms with Crippen LogP contribution in [-0.4, -0.2) is 28.4 Å². The molecule has 0 aromatic heterocycles. The van der Waals surface area contributed by atoms with Crippen molar-refractivity contribution in [3.8, 4) is 0 Å². The summed E-state index contributed by atoms with van der Waals surface area (Å²) >= 11 is 0. The summed E-state index contributed by atoms with van der Waals surface area (Å²) in [7, 11) is 0. The Morgan fingerprint density at radius 3 is 2.25 bits per heavy atom. The molecule has 0 saturated carbocycles. The number of carbonyl (C=O) groups excluding carboxylic acids is 3. The first-order chi connectivity index (χ1) is 9.09. The van der Waals surface area contributed by atoms with Crippen LogP contribution in [0.15, 0.2) is 5.11 Å². The average Bonchev–Trinajstić information content (AvgIpc) is 2.59. The predicted octanol–water partition coefficient (Wildman–Crippen LogP) is 2.10. The molecule has 1 fully saturated rings. The number of hydroxylamine groups is 2.